The van der Waals surface area contributed by atoms with E-state index in [1.165, 1.54) is 51.4 Å². The summed E-state index contributed by atoms with van der Waals surface area (Å²) in [4.78, 5) is 0. The largest absolute Gasteiger partial charge is 0.393 e. The second-order valence-electron chi connectivity index (χ2n) is 5.74. The highest BCUT2D eigenvalue weighted by Crippen LogP contribution is 2.08. The molecule has 0 unspecified atom stereocenters. The van der Waals surface area contributed by atoms with E-state index in [9.17, 15) is 5.11 Å². The van der Waals surface area contributed by atoms with E-state index >= 15 is 0 Å². The summed E-state index contributed by atoms with van der Waals surface area (Å²) in [5.41, 5.74) is 0. The quantitative estimate of drug-likeness (QED) is 0.297. The van der Waals surface area contributed by atoms with Crippen molar-refractivity contribution in [1.82, 2.24) is 0 Å². The Kier molecular flexibility index (Phi) is 16.0. The number of hydrogen-bond acceptors (Lipinski definition) is 1. The first kappa shape index (κ1) is 19.4. The molecule has 0 amide bonds. The van der Waals surface area contributed by atoms with Crippen molar-refractivity contribution in [3.05, 3.63) is 24.3 Å². The first-order valence-corrected chi connectivity index (χ1v) is 8.79. The average molecular weight is 280 g/mol. The third-order valence-electron chi connectivity index (χ3n) is 3.62. The number of rotatable bonds is 14. The summed E-state index contributed by atoms with van der Waals surface area (Å²) in [5.74, 6) is 0. The minimum atomic E-state index is -0.129. The molecule has 118 valence electrons. The normalized spacial score (nSPS) is 12.2. The molecule has 0 aromatic carbocycles. The van der Waals surface area contributed by atoms with Gasteiger partial charge in [0.15, 0.2) is 0 Å². The van der Waals surface area contributed by atoms with Crippen LogP contribution in [0.15, 0.2) is 24.3 Å². The van der Waals surface area contributed by atoms with Crippen molar-refractivity contribution in [3.8, 4) is 0 Å². The molecule has 0 saturated heterocycles. The predicted octanol–water partition coefficient (Wildman–Crippen LogP) is 6.18. The van der Waals surface area contributed by atoms with Crippen LogP contribution in [0, 0.1) is 0 Å². The lowest BCUT2D eigenvalue weighted by atomic mass is 10.1. The van der Waals surface area contributed by atoms with Gasteiger partial charge in [0.1, 0.15) is 0 Å². The van der Waals surface area contributed by atoms with Gasteiger partial charge in [0.25, 0.3) is 0 Å². The van der Waals surface area contributed by atoms with Gasteiger partial charge in [-0.1, -0.05) is 63.8 Å². The summed E-state index contributed by atoms with van der Waals surface area (Å²) in [6.07, 6.45) is 23.0. The van der Waals surface area contributed by atoms with Crippen molar-refractivity contribution < 1.29 is 5.11 Å². The van der Waals surface area contributed by atoms with Crippen molar-refractivity contribution in [2.45, 2.75) is 97.0 Å². The van der Waals surface area contributed by atoms with E-state index in [-0.39, 0.29) is 6.10 Å². The molecule has 1 nitrogen and oxygen atoms in total. The lowest BCUT2D eigenvalue weighted by molar-refractivity contribution is 0.157. The summed E-state index contributed by atoms with van der Waals surface area (Å²) in [6, 6.07) is 0. The van der Waals surface area contributed by atoms with Crippen molar-refractivity contribution in [2.24, 2.45) is 0 Å². The van der Waals surface area contributed by atoms with Gasteiger partial charge in [0.05, 0.1) is 6.10 Å². The molecule has 0 fully saturated rings. The average Bonchev–Trinajstić information content (AvgIpc) is 2.45. The van der Waals surface area contributed by atoms with Gasteiger partial charge >= 0.3 is 0 Å². The van der Waals surface area contributed by atoms with Crippen LogP contribution < -0.4 is 0 Å². The maximum atomic E-state index is 9.86. The van der Waals surface area contributed by atoms with Crippen LogP contribution >= 0.6 is 0 Å². The number of aliphatic hydroxyl groups excluding tert-OH is 1. The van der Waals surface area contributed by atoms with Gasteiger partial charge in [-0.25, -0.2) is 0 Å². The lowest BCUT2D eigenvalue weighted by Crippen LogP contribution is -2.04. The Morgan fingerprint density at radius 2 is 1.05 bits per heavy atom. The Labute approximate surface area is 127 Å². The number of aliphatic hydroxyl groups is 1. The van der Waals surface area contributed by atoms with Crippen molar-refractivity contribution in [2.75, 3.05) is 0 Å². The summed E-state index contributed by atoms with van der Waals surface area (Å²) in [6.45, 7) is 4.47. The second kappa shape index (κ2) is 16.5. The molecule has 0 heterocycles. The van der Waals surface area contributed by atoms with E-state index in [2.05, 4.69) is 38.2 Å². The molecule has 0 aliphatic rings. The molecule has 0 aliphatic carbocycles. The Morgan fingerprint density at radius 1 is 0.650 bits per heavy atom. The van der Waals surface area contributed by atoms with E-state index in [4.69, 9.17) is 0 Å². The topological polar surface area (TPSA) is 20.2 Å². The molecule has 0 rings (SSSR count). The van der Waals surface area contributed by atoms with Crippen LogP contribution in [0.5, 0.6) is 0 Å². The lowest BCUT2D eigenvalue weighted by Gasteiger charge is -2.06. The van der Waals surface area contributed by atoms with Crippen molar-refractivity contribution in [1.29, 1.82) is 0 Å². The standard InChI is InChI=1S/C19H36O/c1-3-5-7-9-11-13-15-17-19(20)18-16-14-12-10-8-6-4-2/h11-14,19-20H,3-10,15-18H2,1-2H3/b13-11-,14-12-. The molecule has 0 atom stereocenters. The van der Waals surface area contributed by atoms with Gasteiger partial charge in [0.2, 0.25) is 0 Å². The molecule has 1 N–H and O–H groups in total. The number of unbranched alkanes of at least 4 members (excludes halogenated alkanes) is 6. The summed E-state index contributed by atoms with van der Waals surface area (Å²) in [7, 11) is 0. The van der Waals surface area contributed by atoms with Crippen molar-refractivity contribution >= 4 is 0 Å². The molecule has 0 aromatic rings. The van der Waals surface area contributed by atoms with Crippen LogP contribution in [0.3, 0.4) is 0 Å². The van der Waals surface area contributed by atoms with Crippen LogP contribution in [-0.2, 0) is 0 Å². The maximum absolute atomic E-state index is 9.86. The molecule has 0 spiro atoms. The van der Waals surface area contributed by atoms with E-state index in [0.29, 0.717) is 0 Å². The van der Waals surface area contributed by atoms with E-state index < -0.39 is 0 Å². The molecule has 0 aromatic heterocycles. The third kappa shape index (κ3) is 15.5. The van der Waals surface area contributed by atoms with Crippen LogP contribution in [0.25, 0.3) is 0 Å². The fourth-order valence-electron chi connectivity index (χ4n) is 2.22. The summed E-state index contributed by atoms with van der Waals surface area (Å²) in [5, 5.41) is 9.86. The molecule has 20 heavy (non-hydrogen) atoms. The fourth-order valence-corrected chi connectivity index (χ4v) is 2.22. The zero-order valence-electron chi connectivity index (χ0n) is 13.8. The Bertz CT molecular complexity index is 206. The summed E-state index contributed by atoms with van der Waals surface area (Å²) >= 11 is 0. The molecule has 0 aliphatic heterocycles. The highest BCUT2D eigenvalue weighted by molar-refractivity contribution is 4.84. The molecular formula is C19H36O. The van der Waals surface area contributed by atoms with Gasteiger partial charge < -0.3 is 5.11 Å². The predicted molar refractivity (Wildman–Crippen MR) is 91.0 cm³/mol. The smallest absolute Gasteiger partial charge is 0.0546 e. The monoisotopic (exact) mass is 280 g/mol. The number of hydrogen-bond donors (Lipinski definition) is 1. The third-order valence-corrected chi connectivity index (χ3v) is 3.62. The van der Waals surface area contributed by atoms with Gasteiger partial charge in [-0.2, -0.15) is 0 Å². The molecule has 0 radical (unpaired) electrons. The highest BCUT2D eigenvalue weighted by Gasteiger charge is 2.00. The SMILES string of the molecule is CCCCC/C=C\CCC(O)CC/C=C\CCCCC. The van der Waals surface area contributed by atoms with Gasteiger partial charge in [-0.3, -0.25) is 0 Å². The fraction of sp³-hybridized carbons (Fsp3) is 0.789. The minimum absolute atomic E-state index is 0.129. The Hall–Kier alpha value is -0.560. The molecule has 0 saturated carbocycles. The summed E-state index contributed by atoms with van der Waals surface area (Å²) < 4.78 is 0. The maximum Gasteiger partial charge on any atom is 0.0546 e. The van der Waals surface area contributed by atoms with Crippen LogP contribution in [0.1, 0.15) is 90.9 Å². The zero-order chi connectivity index (χ0) is 14.9. The van der Waals surface area contributed by atoms with Crippen molar-refractivity contribution in [3.63, 3.8) is 0 Å². The Balaban J connectivity index is 3.33. The zero-order valence-corrected chi connectivity index (χ0v) is 13.8. The van der Waals surface area contributed by atoms with Crippen LogP contribution in [-0.4, -0.2) is 11.2 Å². The van der Waals surface area contributed by atoms with E-state index in [1.807, 2.05) is 0 Å². The first-order chi connectivity index (χ1) is 9.81. The first-order valence-electron chi connectivity index (χ1n) is 8.79. The second-order valence-corrected chi connectivity index (χ2v) is 5.74. The van der Waals surface area contributed by atoms with Gasteiger partial charge in [0, 0.05) is 0 Å². The van der Waals surface area contributed by atoms with E-state index in [0.717, 1.165) is 25.7 Å². The van der Waals surface area contributed by atoms with Crippen LogP contribution in [0.4, 0.5) is 0 Å². The molecule has 0 bridgehead atoms. The Morgan fingerprint density at radius 3 is 1.45 bits per heavy atom. The highest BCUT2D eigenvalue weighted by atomic mass is 16.3. The minimum Gasteiger partial charge on any atom is -0.393 e. The van der Waals surface area contributed by atoms with Crippen LogP contribution in [0.2, 0.25) is 0 Å². The van der Waals surface area contributed by atoms with Gasteiger partial charge in [-0.15, -0.1) is 0 Å². The number of allylic oxidation sites excluding steroid dienone is 4. The molecule has 1 heteroatoms. The molecular weight excluding hydrogens is 244 g/mol. The van der Waals surface area contributed by atoms with E-state index in [1.54, 1.807) is 0 Å². The van der Waals surface area contributed by atoms with Gasteiger partial charge in [-0.05, 0) is 51.4 Å².